The zero-order valence-electron chi connectivity index (χ0n) is 11.9. The first kappa shape index (κ1) is 14.2. The Morgan fingerprint density at radius 2 is 1.76 bits per heavy atom. The summed E-state index contributed by atoms with van der Waals surface area (Å²) in [6.07, 6.45) is 3.35. The van der Waals surface area contributed by atoms with Gasteiger partial charge in [-0.3, -0.25) is 9.00 Å². The Bertz CT molecular complexity index is 677. The number of benzene rings is 2. The van der Waals surface area contributed by atoms with E-state index in [4.69, 9.17) is 0 Å². The van der Waals surface area contributed by atoms with Gasteiger partial charge in [-0.25, -0.2) is 0 Å². The summed E-state index contributed by atoms with van der Waals surface area (Å²) in [6.45, 7) is 0. The van der Waals surface area contributed by atoms with E-state index >= 15 is 0 Å². The number of carbonyl (C=O) groups is 1. The maximum atomic E-state index is 12.3. The van der Waals surface area contributed by atoms with Crippen LogP contribution in [0.2, 0.25) is 0 Å². The Kier molecular flexibility index (Phi) is 4.30. The molecule has 0 saturated carbocycles. The first-order chi connectivity index (χ1) is 10.2. The molecule has 0 radical (unpaired) electrons. The molecule has 0 amide bonds. The van der Waals surface area contributed by atoms with E-state index in [9.17, 15) is 9.00 Å². The fourth-order valence-electron chi connectivity index (χ4n) is 2.79. The monoisotopic (exact) mass is 298 g/mol. The summed E-state index contributed by atoms with van der Waals surface area (Å²) in [5.74, 6) is 0.532. The summed E-state index contributed by atoms with van der Waals surface area (Å²) in [5.41, 5.74) is 4.36. The molecule has 0 bridgehead atoms. The van der Waals surface area contributed by atoms with Crippen molar-refractivity contribution in [2.75, 3.05) is 5.75 Å². The largest absolute Gasteiger partial charge is 0.293 e. The van der Waals surface area contributed by atoms with Crippen LogP contribution in [0, 0.1) is 0 Å². The molecule has 0 spiro atoms. The average Bonchev–Trinajstić information content (AvgIpc) is 2.95. The molecule has 0 aromatic heterocycles. The standard InChI is InChI=1S/C18H18O2S/c19-18(13-21(20)12-14-5-2-1-3-6-14)17-10-9-15-7-4-8-16(15)11-17/h1-3,5-6,9-11H,4,7-8,12-13H2. The summed E-state index contributed by atoms with van der Waals surface area (Å²) >= 11 is 0. The number of hydrogen-bond acceptors (Lipinski definition) is 2. The first-order valence-electron chi connectivity index (χ1n) is 7.26. The van der Waals surface area contributed by atoms with E-state index in [2.05, 4.69) is 6.07 Å². The third-order valence-corrected chi connectivity index (χ3v) is 5.12. The first-order valence-corrected chi connectivity index (χ1v) is 8.75. The number of ketones is 1. The predicted molar refractivity (Wildman–Crippen MR) is 86.0 cm³/mol. The van der Waals surface area contributed by atoms with Gasteiger partial charge >= 0.3 is 0 Å². The highest BCUT2D eigenvalue weighted by atomic mass is 32.2. The van der Waals surface area contributed by atoms with Crippen molar-refractivity contribution in [3.05, 3.63) is 70.8 Å². The minimum Gasteiger partial charge on any atom is -0.293 e. The molecular weight excluding hydrogens is 280 g/mol. The molecule has 0 saturated heterocycles. The number of rotatable bonds is 5. The van der Waals surface area contributed by atoms with Crippen LogP contribution in [-0.2, 0) is 29.4 Å². The van der Waals surface area contributed by atoms with Crippen LogP contribution in [-0.4, -0.2) is 15.7 Å². The molecule has 0 aliphatic heterocycles. The van der Waals surface area contributed by atoms with Gasteiger partial charge in [0.15, 0.2) is 5.78 Å². The zero-order chi connectivity index (χ0) is 14.7. The molecule has 1 unspecified atom stereocenters. The summed E-state index contributed by atoms with van der Waals surface area (Å²) in [4.78, 5) is 12.3. The Morgan fingerprint density at radius 3 is 2.57 bits per heavy atom. The van der Waals surface area contributed by atoms with Crippen molar-refractivity contribution in [1.29, 1.82) is 0 Å². The molecular formula is C18H18O2S. The maximum absolute atomic E-state index is 12.3. The van der Waals surface area contributed by atoms with Crippen molar-refractivity contribution in [2.45, 2.75) is 25.0 Å². The topological polar surface area (TPSA) is 34.1 Å². The van der Waals surface area contributed by atoms with Crippen molar-refractivity contribution in [1.82, 2.24) is 0 Å². The second kappa shape index (κ2) is 6.35. The highest BCUT2D eigenvalue weighted by Gasteiger charge is 2.15. The Balaban J connectivity index is 1.65. The molecule has 2 aromatic rings. The van der Waals surface area contributed by atoms with Gasteiger partial charge in [-0.2, -0.15) is 0 Å². The van der Waals surface area contributed by atoms with Gasteiger partial charge in [0.1, 0.15) is 0 Å². The number of carbonyl (C=O) groups excluding carboxylic acids is 1. The zero-order valence-corrected chi connectivity index (χ0v) is 12.7. The van der Waals surface area contributed by atoms with Gasteiger partial charge in [0, 0.05) is 22.1 Å². The normalized spacial score (nSPS) is 14.7. The fraction of sp³-hybridized carbons (Fsp3) is 0.278. The van der Waals surface area contributed by atoms with Crippen LogP contribution in [0.25, 0.3) is 0 Å². The molecule has 1 atom stereocenters. The molecule has 1 aliphatic rings. The lowest BCUT2D eigenvalue weighted by Gasteiger charge is -2.05. The Morgan fingerprint density at radius 1 is 1.00 bits per heavy atom. The van der Waals surface area contributed by atoms with Gasteiger partial charge in [0.2, 0.25) is 0 Å². The lowest BCUT2D eigenvalue weighted by Crippen LogP contribution is -2.12. The number of Topliss-reactive ketones (excluding diaryl/α,β-unsaturated/α-hetero) is 1. The molecule has 3 rings (SSSR count). The van der Waals surface area contributed by atoms with Crippen LogP contribution in [0.4, 0.5) is 0 Å². The van der Waals surface area contributed by atoms with E-state index in [1.807, 2.05) is 42.5 Å². The summed E-state index contributed by atoms with van der Waals surface area (Å²) in [7, 11) is -1.15. The van der Waals surface area contributed by atoms with Gasteiger partial charge in [-0.15, -0.1) is 0 Å². The number of fused-ring (bicyclic) bond motifs is 1. The van der Waals surface area contributed by atoms with Gasteiger partial charge in [-0.1, -0.05) is 42.5 Å². The molecule has 108 valence electrons. The minimum absolute atomic E-state index is 0.0148. The van der Waals surface area contributed by atoms with E-state index in [-0.39, 0.29) is 11.5 Å². The maximum Gasteiger partial charge on any atom is 0.175 e. The minimum atomic E-state index is -1.15. The second-order valence-electron chi connectivity index (χ2n) is 5.47. The van der Waals surface area contributed by atoms with E-state index in [1.165, 1.54) is 17.5 Å². The predicted octanol–water partition coefficient (Wildman–Crippen LogP) is 3.31. The van der Waals surface area contributed by atoms with Crippen molar-refractivity contribution in [2.24, 2.45) is 0 Å². The van der Waals surface area contributed by atoms with Crippen molar-refractivity contribution in [3.63, 3.8) is 0 Å². The lowest BCUT2D eigenvalue weighted by molar-refractivity contribution is 0.102. The average molecular weight is 298 g/mol. The van der Waals surface area contributed by atoms with Crippen molar-refractivity contribution in [3.8, 4) is 0 Å². The summed E-state index contributed by atoms with van der Waals surface area (Å²) in [6, 6.07) is 15.6. The van der Waals surface area contributed by atoms with E-state index in [0.29, 0.717) is 11.3 Å². The Labute approximate surface area is 127 Å². The summed E-state index contributed by atoms with van der Waals surface area (Å²) in [5, 5.41) is 0. The van der Waals surface area contributed by atoms with Gasteiger partial charge in [-0.05, 0) is 42.0 Å². The Hall–Kier alpha value is -1.74. The highest BCUT2D eigenvalue weighted by Crippen LogP contribution is 2.23. The molecule has 1 aliphatic carbocycles. The number of hydrogen-bond donors (Lipinski definition) is 0. The van der Waals surface area contributed by atoms with Gasteiger partial charge < -0.3 is 0 Å². The molecule has 0 N–H and O–H groups in total. The van der Waals surface area contributed by atoms with Crippen LogP contribution in [0.1, 0.15) is 33.5 Å². The van der Waals surface area contributed by atoms with Crippen LogP contribution < -0.4 is 0 Å². The van der Waals surface area contributed by atoms with E-state index < -0.39 is 10.8 Å². The van der Waals surface area contributed by atoms with Crippen molar-refractivity contribution >= 4 is 16.6 Å². The molecule has 2 nitrogen and oxygen atoms in total. The quantitative estimate of drug-likeness (QED) is 0.794. The fourth-order valence-corrected chi connectivity index (χ4v) is 3.91. The van der Waals surface area contributed by atoms with Crippen LogP contribution in [0.3, 0.4) is 0 Å². The van der Waals surface area contributed by atoms with E-state index in [1.54, 1.807) is 0 Å². The van der Waals surface area contributed by atoms with Gasteiger partial charge in [0.05, 0.1) is 5.75 Å². The number of aryl methyl sites for hydroxylation is 2. The second-order valence-corrected chi connectivity index (χ2v) is 6.93. The van der Waals surface area contributed by atoms with E-state index in [0.717, 1.165) is 18.4 Å². The van der Waals surface area contributed by atoms with Crippen LogP contribution in [0.5, 0.6) is 0 Å². The lowest BCUT2D eigenvalue weighted by atomic mass is 10.0. The highest BCUT2D eigenvalue weighted by molar-refractivity contribution is 7.85. The van der Waals surface area contributed by atoms with Crippen LogP contribution >= 0.6 is 0 Å². The SMILES string of the molecule is O=C(CS(=O)Cc1ccccc1)c1ccc2c(c1)CCC2. The van der Waals surface area contributed by atoms with Gasteiger partial charge in [0.25, 0.3) is 0 Å². The third kappa shape index (κ3) is 3.48. The smallest absolute Gasteiger partial charge is 0.175 e. The van der Waals surface area contributed by atoms with Crippen LogP contribution in [0.15, 0.2) is 48.5 Å². The summed E-state index contributed by atoms with van der Waals surface area (Å²) < 4.78 is 12.1. The molecule has 3 heteroatoms. The molecule has 0 heterocycles. The molecule has 0 fully saturated rings. The molecule has 2 aromatic carbocycles. The molecule has 21 heavy (non-hydrogen) atoms. The third-order valence-electron chi connectivity index (χ3n) is 3.88. The van der Waals surface area contributed by atoms with Crippen molar-refractivity contribution < 1.29 is 9.00 Å².